The van der Waals surface area contributed by atoms with Crippen LogP contribution in [-0.4, -0.2) is 30.3 Å². The number of aliphatic carboxylic acids is 1. The Balaban J connectivity index is 2.20. The fraction of sp³-hybridized carbons (Fsp3) is 0.562. The molecule has 110 valence electrons. The number of nitrogens with one attached hydrogen (secondary N) is 1. The summed E-state index contributed by atoms with van der Waals surface area (Å²) >= 11 is 0. The normalized spacial score (nSPS) is 17.6. The van der Waals surface area contributed by atoms with Gasteiger partial charge in [-0.1, -0.05) is 17.7 Å². The minimum absolute atomic E-state index is 0.161. The van der Waals surface area contributed by atoms with Gasteiger partial charge in [0, 0.05) is 0 Å². The van der Waals surface area contributed by atoms with Gasteiger partial charge in [0.15, 0.2) is 5.54 Å². The summed E-state index contributed by atoms with van der Waals surface area (Å²) in [6.07, 6.45) is 1.89. The van der Waals surface area contributed by atoms with Crippen molar-refractivity contribution in [3.05, 3.63) is 28.8 Å². The summed E-state index contributed by atoms with van der Waals surface area (Å²) in [7, 11) is 1.70. The molecule has 1 aromatic rings. The second kappa shape index (κ2) is 5.44. The number of hydrogen-bond donors (Lipinski definition) is 2. The molecule has 1 atom stereocenters. The lowest BCUT2D eigenvalue weighted by molar-refractivity contribution is -0.147. The Morgan fingerprint density at radius 2 is 1.90 bits per heavy atom. The number of carboxylic acids is 1. The van der Waals surface area contributed by atoms with E-state index >= 15 is 0 Å². The topological polar surface area (TPSA) is 58.6 Å². The SMILES string of the molecule is CNC(COc1c(C)cc(C)cc1C)(C(=O)O)C1CC1. The van der Waals surface area contributed by atoms with Gasteiger partial charge in [-0.2, -0.15) is 0 Å². The molecule has 1 aromatic carbocycles. The molecule has 0 aromatic heterocycles. The van der Waals surface area contributed by atoms with Gasteiger partial charge >= 0.3 is 5.97 Å². The fourth-order valence-corrected chi connectivity index (χ4v) is 2.89. The third kappa shape index (κ3) is 2.66. The first-order valence-corrected chi connectivity index (χ1v) is 7.03. The minimum Gasteiger partial charge on any atom is -0.490 e. The third-order valence-electron chi connectivity index (χ3n) is 4.15. The molecule has 4 nitrogen and oxygen atoms in total. The van der Waals surface area contributed by atoms with E-state index in [-0.39, 0.29) is 12.5 Å². The molecule has 4 heteroatoms. The lowest BCUT2D eigenvalue weighted by Crippen LogP contribution is -2.56. The number of hydrogen-bond acceptors (Lipinski definition) is 3. The van der Waals surface area contributed by atoms with E-state index in [0.29, 0.717) is 0 Å². The Bertz CT molecular complexity index is 499. The van der Waals surface area contributed by atoms with Gasteiger partial charge in [-0.15, -0.1) is 0 Å². The molecule has 0 spiro atoms. The van der Waals surface area contributed by atoms with E-state index in [0.717, 1.165) is 29.7 Å². The molecule has 2 N–H and O–H groups in total. The first kappa shape index (κ1) is 14.9. The van der Waals surface area contributed by atoms with Crippen molar-refractivity contribution >= 4 is 5.97 Å². The number of likely N-dealkylation sites (N-methyl/N-ethyl adjacent to an activating group) is 1. The Morgan fingerprint density at radius 3 is 2.30 bits per heavy atom. The number of rotatable bonds is 6. The van der Waals surface area contributed by atoms with Crippen LogP contribution < -0.4 is 10.1 Å². The van der Waals surface area contributed by atoms with E-state index in [1.807, 2.05) is 20.8 Å². The molecule has 2 rings (SSSR count). The summed E-state index contributed by atoms with van der Waals surface area (Å²) < 4.78 is 5.90. The molecule has 0 saturated heterocycles. The number of benzene rings is 1. The summed E-state index contributed by atoms with van der Waals surface area (Å²) in [4.78, 5) is 11.6. The number of carbonyl (C=O) groups is 1. The van der Waals surface area contributed by atoms with Crippen LogP contribution in [0.1, 0.15) is 29.5 Å². The van der Waals surface area contributed by atoms with Gasteiger partial charge in [0.2, 0.25) is 0 Å². The van der Waals surface area contributed by atoms with Crippen molar-refractivity contribution in [3.8, 4) is 5.75 Å². The predicted molar refractivity (Wildman–Crippen MR) is 78.3 cm³/mol. The van der Waals surface area contributed by atoms with Crippen LogP contribution >= 0.6 is 0 Å². The quantitative estimate of drug-likeness (QED) is 0.838. The van der Waals surface area contributed by atoms with Crippen molar-refractivity contribution in [3.63, 3.8) is 0 Å². The highest BCUT2D eigenvalue weighted by Gasteiger charge is 2.51. The van der Waals surface area contributed by atoms with Crippen LogP contribution in [0.2, 0.25) is 0 Å². The number of ether oxygens (including phenoxy) is 1. The van der Waals surface area contributed by atoms with Crippen molar-refractivity contribution in [2.75, 3.05) is 13.7 Å². The highest BCUT2D eigenvalue weighted by atomic mass is 16.5. The lowest BCUT2D eigenvalue weighted by Gasteiger charge is -2.29. The van der Waals surface area contributed by atoms with E-state index in [9.17, 15) is 9.90 Å². The number of aryl methyl sites for hydroxylation is 3. The summed E-state index contributed by atoms with van der Waals surface area (Å²) in [6.45, 7) is 6.19. The molecular weight excluding hydrogens is 254 g/mol. The van der Waals surface area contributed by atoms with Crippen molar-refractivity contribution in [1.82, 2.24) is 5.32 Å². The van der Waals surface area contributed by atoms with E-state index < -0.39 is 11.5 Å². The summed E-state index contributed by atoms with van der Waals surface area (Å²) in [6, 6.07) is 4.11. The predicted octanol–water partition coefficient (Wildman–Crippen LogP) is 2.44. The zero-order valence-corrected chi connectivity index (χ0v) is 12.6. The molecule has 20 heavy (non-hydrogen) atoms. The molecule has 1 saturated carbocycles. The minimum atomic E-state index is -0.968. The molecule has 1 unspecified atom stereocenters. The van der Waals surface area contributed by atoms with Gasteiger partial charge in [0.1, 0.15) is 12.4 Å². The lowest BCUT2D eigenvalue weighted by atomic mass is 9.94. The van der Waals surface area contributed by atoms with Crippen LogP contribution in [0.5, 0.6) is 5.75 Å². The third-order valence-corrected chi connectivity index (χ3v) is 4.15. The van der Waals surface area contributed by atoms with E-state index in [2.05, 4.69) is 17.4 Å². The molecule has 0 heterocycles. The highest BCUT2D eigenvalue weighted by molar-refractivity contribution is 5.80. The van der Waals surface area contributed by atoms with Gasteiger partial charge in [0.25, 0.3) is 0 Å². The summed E-state index contributed by atoms with van der Waals surface area (Å²) in [5.74, 6) is 0.137. The van der Waals surface area contributed by atoms with Crippen molar-refractivity contribution in [1.29, 1.82) is 0 Å². The second-order valence-electron chi connectivity index (χ2n) is 5.82. The first-order chi connectivity index (χ1) is 9.40. The van der Waals surface area contributed by atoms with Gasteiger partial charge in [-0.05, 0) is 57.7 Å². The molecule has 0 bridgehead atoms. The smallest absolute Gasteiger partial charge is 0.327 e. The van der Waals surface area contributed by atoms with Crippen LogP contribution in [0.15, 0.2) is 12.1 Å². The maximum absolute atomic E-state index is 11.6. The molecule has 0 aliphatic heterocycles. The average molecular weight is 277 g/mol. The molecule has 1 aliphatic rings. The Morgan fingerprint density at radius 1 is 1.35 bits per heavy atom. The Labute approximate surface area is 120 Å². The maximum atomic E-state index is 11.6. The van der Waals surface area contributed by atoms with E-state index in [1.165, 1.54) is 5.56 Å². The van der Waals surface area contributed by atoms with Crippen LogP contribution in [0.25, 0.3) is 0 Å². The molecule has 0 radical (unpaired) electrons. The standard InChI is InChI=1S/C16H23NO3/c1-10-7-11(2)14(12(3)8-10)20-9-16(17-4,15(18)19)13-5-6-13/h7-8,13,17H,5-6,9H2,1-4H3,(H,18,19). The van der Waals surface area contributed by atoms with Crippen molar-refractivity contribution in [2.24, 2.45) is 5.92 Å². The van der Waals surface area contributed by atoms with Gasteiger partial charge < -0.3 is 15.2 Å². The zero-order valence-electron chi connectivity index (χ0n) is 12.6. The Hall–Kier alpha value is -1.55. The van der Waals surface area contributed by atoms with E-state index in [1.54, 1.807) is 7.05 Å². The fourth-order valence-electron chi connectivity index (χ4n) is 2.89. The average Bonchev–Trinajstić information content (AvgIpc) is 3.17. The Kier molecular flexibility index (Phi) is 4.04. The maximum Gasteiger partial charge on any atom is 0.327 e. The number of carboxylic acid groups (broad SMARTS) is 1. The van der Waals surface area contributed by atoms with Crippen LogP contribution in [-0.2, 0) is 4.79 Å². The molecule has 1 fully saturated rings. The van der Waals surface area contributed by atoms with Crippen molar-refractivity contribution in [2.45, 2.75) is 39.2 Å². The van der Waals surface area contributed by atoms with Gasteiger partial charge in [-0.3, -0.25) is 4.79 Å². The van der Waals surface area contributed by atoms with Crippen molar-refractivity contribution < 1.29 is 14.6 Å². The zero-order chi connectivity index (χ0) is 14.9. The molecule has 0 amide bonds. The molecular formula is C16H23NO3. The van der Waals surface area contributed by atoms with Gasteiger partial charge in [0.05, 0.1) is 0 Å². The second-order valence-corrected chi connectivity index (χ2v) is 5.82. The van der Waals surface area contributed by atoms with Crippen LogP contribution in [0.4, 0.5) is 0 Å². The van der Waals surface area contributed by atoms with Crippen LogP contribution in [0.3, 0.4) is 0 Å². The first-order valence-electron chi connectivity index (χ1n) is 7.03. The molecule has 1 aliphatic carbocycles. The largest absolute Gasteiger partial charge is 0.490 e. The van der Waals surface area contributed by atoms with E-state index in [4.69, 9.17) is 4.74 Å². The highest BCUT2D eigenvalue weighted by Crippen LogP contribution is 2.40. The summed E-state index contributed by atoms with van der Waals surface area (Å²) in [5, 5.41) is 12.5. The summed E-state index contributed by atoms with van der Waals surface area (Å²) in [5.41, 5.74) is 2.32. The van der Waals surface area contributed by atoms with Gasteiger partial charge in [-0.25, -0.2) is 0 Å². The van der Waals surface area contributed by atoms with Crippen LogP contribution in [0, 0.1) is 26.7 Å². The monoisotopic (exact) mass is 277 g/mol.